The number of benzene rings is 1. The average molecular weight is 243 g/mol. The second-order valence-corrected chi connectivity index (χ2v) is 4.93. The number of hydrogen-bond acceptors (Lipinski definition) is 2. The number of nitrogens with zero attached hydrogens (tertiary/aromatic N) is 1. The van der Waals surface area contributed by atoms with Gasteiger partial charge in [-0.25, -0.2) is 0 Å². The van der Waals surface area contributed by atoms with Crippen LogP contribution in [-0.2, 0) is 0 Å². The third-order valence-corrected chi connectivity index (χ3v) is 3.63. The van der Waals surface area contributed by atoms with Gasteiger partial charge in [-0.15, -0.1) is 0 Å². The normalized spacial score (nSPS) is 16.9. The first-order chi connectivity index (χ1) is 8.84. The number of carbonyl (C=O) groups excluding carboxylic acids is 1. The molecule has 0 atom stereocenters. The molecule has 18 heavy (non-hydrogen) atoms. The zero-order chi connectivity index (χ0) is 12.4. The van der Waals surface area contributed by atoms with Crippen molar-refractivity contribution < 1.29 is 4.79 Å². The van der Waals surface area contributed by atoms with E-state index in [4.69, 9.17) is 0 Å². The van der Waals surface area contributed by atoms with E-state index < -0.39 is 0 Å². The number of amides is 1. The Morgan fingerprint density at radius 1 is 1.22 bits per heavy atom. The molecule has 0 aliphatic heterocycles. The Bertz CT molecular complexity index is 555. The molecule has 1 heterocycles. The summed E-state index contributed by atoms with van der Waals surface area (Å²) in [6.45, 7) is 0. The lowest BCUT2D eigenvalue weighted by atomic mass is 9.95. The van der Waals surface area contributed by atoms with Gasteiger partial charge in [0.05, 0.1) is 5.52 Å². The van der Waals surface area contributed by atoms with E-state index in [1.807, 2.05) is 24.3 Å². The molecule has 1 aromatic carbocycles. The van der Waals surface area contributed by atoms with Crippen LogP contribution in [-0.4, -0.2) is 22.1 Å². The molecule has 0 radical (unpaired) electrons. The highest BCUT2D eigenvalue weighted by Gasteiger charge is 2.19. The Labute approximate surface area is 106 Å². The molecule has 0 bridgehead atoms. The minimum atomic E-state index is -0.0562. The number of H-pyrrole nitrogens is 1. The molecule has 4 heteroatoms. The number of nitrogens with one attached hydrogen (secondary N) is 2. The molecule has 2 N–H and O–H groups in total. The van der Waals surface area contributed by atoms with Crippen LogP contribution < -0.4 is 5.32 Å². The predicted octanol–water partition coefficient (Wildman–Crippen LogP) is 2.63. The third-order valence-electron chi connectivity index (χ3n) is 3.63. The number of aromatic amines is 1. The Morgan fingerprint density at radius 2 is 2.00 bits per heavy atom. The standard InChI is InChI=1S/C14H17N3O/c18-14(15-10-6-2-1-3-7-10)13-11-8-4-5-9-12(11)16-17-13/h4-5,8-10H,1-3,6-7H2,(H,15,18)(H,16,17). The number of carbonyl (C=O) groups is 1. The van der Waals surface area contributed by atoms with Crippen LogP contribution in [0.15, 0.2) is 24.3 Å². The van der Waals surface area contributed by atoms with Gasteiger partial charge in [0.25, 0.3) is 5.91 Å². The van der Waals surface area contributed by atoms with Gasteiger partial charge in [-0.3, -0.25) is 9.89 Å². The van der Waals surface area contributed by atoms with E-state index in [1.165, 1.54) is 19.3 Å². The van der Waals surface area contributed by atoms with E-state index in [0.29, 0.717) is 11.7 Å². The van der Waals surface area contributed by atoms with E-state index in [9.17, 15) is 4.79 Å². The van der Waals surface area contributed by atoms with Crippen molar-refractivity contribution >= 4 is 16.8 Å². The van der Waals surface area contributed by atoms with Crippen molar-refractivity contribution in [2.75, 3.05) is 0 Å². The van der Waals surface area contributed by atoms with Gasteiger partial charge in [0.15, 0.2) is 5.69 Å². The monoisotopic (exact) mass is 243 g/mol. The average Bonchev–Trinajstić information content (AvgIpc) is 2.84. The van der Waals surface area contributed by atoms with Gasteiger partial charge in [-0.1, -0.05) is 37.5 Å². The maximum Gasteiger partial charge on any atom is 0.272 e. The fraction of sp³-hybridized carbons (Fsp3) is 0.429. The quantitative estimate of drug-likeness (QED) is 0.851. The van der Waals surface area contributed by atoms with Crippen LogP contribution in [0.1, 0.15) is 42.6 Å². The molecular formula is C14H17N3O. The van der Waals surface area contributed by atoms with Gasteiger partial charge in [-0.05, 0) is 18.9 Å². The van der Waals surface area contributed by atoms with Gasteiger partial charge >= 0.3 is 0 Å². The highest BCUT2D eigenvalue weighted by atomic mass is 16.2. The van der Waals surface area contributed by atoms with E-state index in [2.05, 4.69) is 15.5 Å². The molecule has 1 aliphatic rings. The topological polar surface area (TPSA) is 57.8 Å². The van der Waals surface area contributed by atoms with Crippen molar-refractivity contribution in [3.63, 3.8) is 0 Å². The number of fused-ring (bicyclic) bond motifs is 1. The van der Waals surface area contributed by atoms with Crippen molar-refractivity contribution in [2.24, 2.45) is 0 Å². The van der Waals surface area contributed by atoms with Crippen LogP contribution in [0, 0.1) is 0 Å². The summed E-state index contributed by atoms with van der Waals surface area (Å²) >= 11 is 0. The first-order valence-corrected chi connectivity index (χ1v) is 6.58. The minimum absolute atomic E-state index is 0.0562. The smallest absolute Gasteiger partial charge is 0.272 e. The molecule has 1 amide bonds. The SMILES string of the molecule is O=C(NC1CCCCC1)c1n[nH]c2ccccc12. The lowest BCUT2D eigenvalue weighted by Gasteiger charge is -2.22. The van der Waals surface area contributed by atoms with Crippen LogP contribution in [0.25, 0.3) is 10.9 Å². The second kappa shape index (κ2) is 4.80. The number of aromatic nitrogens is 2. The Balaban J connectivity index is 1.79. The zero-order valence-electron chi connectivity index (χ0n) is 10.3. The van der Waals surface area contributed by atoms with Crippen LogP contribution in [0.4, 0.5) is 0 Å². The summed E-state index contributed by atoms with van der Waals surface area (Å²) in [5.74, 6) is -0.0562. The summed E-state index contributed by atoms with van der Waals surface area (Å²) in [5, 5.41) is 11.0. The predicted molar refractivity (Wildman–Crippen MR) is 70.4 cm³/mol. The van der Waals surface area contributed by atoms with E-state index in [-0.39, 0.29) is 5.91 Å². The van der Waals surface area contributed by atoms with Gasteiger partial charge in [0.1, 0.15) is 0 Å². The largest absolute Gasteiger partial charge is 0.348 e. The number of hydrogen-bond donors (Lipinski definition) is 2. The van der Waals surface area contributed by atoms with Crippen LogP contribution >= 0.6 is 0 Å². The first-order valence-electron chi connectivity index (χ1n) is 6.58. The highest BCUT2D eigenvalue weighted by Crippen LogP contribution is 2.19. The van der Waals surface area contributed by atoms with Gasteiger partial charge in [-0.2, -0.15) is 5.10 Å². The fourth-order valence-electron chi connectivity index (χ4n) is 2.64. The zero-order valence-corrected chi connectivity index (χ0v) is 10.3. The molecule has 94 valence electrons. The van der Waals surface area contributed by atoms with Gasteiger partial charge in [0.2, 0.25) is 0 Å². The van der Waals surface area contributed by atoms with Gasteiger partial charge in [0, 0.05) is 11.4 Å². The van der Waals surface area contributed by atoms with Crippen molar-refractivity contribution in [3.8, 4) is 0 Å². The lowest BCUT2D eigenvalue weighted by molar-refractivity contribution is 0.0924. The molecule has 3 rings (SSSR count). The van der Waals surface area contributed by atoms with Gasteiger partial charge < -0.3 is 5.32 Å². The van der Waals surface area contributed by atoms with Crippen molar-refractivity contribution in [1.82, 2.24) is 15.5 Å². The van der Waals surface area contributed by atoms with Crippen LogP contribution in [0.5, 0.6) is 0 Å². The van der Waals surface area contributed by atoms with Crippen molar-refractivity contribution in [3.05, 3.63) is 30.0 Å². The molecule has 2 aromatic rings. The maximum absolute atomic E-state index is 12.2. The Kier molecular flexibility index (Phi) is 3.00. The Morgan fingerprint density at radius 3 is 2.83 bits per heavy atom. The maximum atomic E-state index is 12.2. The Hall–Kier alpha value is -1.84. The summed E-state index contributed by atoms with van der Waals surface area (Å²) in [6, 6.07) is 8.04. The summed E-state index contributed by atoms with van der Waals surface area (Å²) < 4.78 is 0. The molecule has 0 unspecified atom stereocenters. The molecule has 0 spiro atoms. The minimum Gasteiger partial charge on any atom is -0.348 e. The van der Waals surface area contributed by atoms with E-state index >= 15 is 0 Å². The van der Waals surface area contributed by atoms with E-state index in [1.54, 1.807) is 0 Å². The molecule has 4 nitrogen and oxygen atoms in total. The van der Waals surface area contributed by atoms with E-state index in [0.717, 1.165) is 23.7 Å². The van der Waals surface area contributed by atoms with Crippen LogP contribution in [0.3, 0.4) is 0 Å². The van der Waals surface area contributed by atoms with Crippen molar-refractivity contribution in [2.45, 2.75) is 38.1 Å². The molecule has 1 saturated carbocycles. The first kappa shape index (κ1) is 11.3. The highest BCUT2D eigenvalue weighted by molar-refractivity contribution is 6.04. The molecule has 1 aromatic heterocycles. The molecule has 1 fully saturated rings. The van der Waals surface area contributed by atoms with Crippen molar-refractivity contribution in [1.29, 1.82) is 0 Å². The second-order valence-electron chi connectivity index (χ2n) is 4.93. The fourth-order valence-corrected chi connectivity index (χ4v) is 2.64. The van der Waals surface area contributed by atoms with Crippen LogP contribution in [0.2, 0.25) is 0 Å². The summed E-state index contributed by atoms with van der Waals surface area (Å²) in [6.07, 6.45) is 5.90. The lowest BCUT2D eigenvalue weighted by Crippen LogP contribution is -2.36. The third kappa shape index (κ3) is 2.10. The summed E-state index contributed by atoms with van der Waals surface area (Å²) in [4.78, 5) is 12.2. The number of para-hydroxylation sites is 1. The molecule has 1 aliphatic carbocycles. The number of rotatable bonds is 2. The molecular weight excluding hydrogens is 226 g/mol. The summed E-state index contributed by atoms with van der Waals surface area (Å²) in [7, 11) is 0. The molecule has 0 saturated heterocycles. The summed E-state index contributed by atoms with van der Waals surface area (Å²) in [5.41, 5.74) is 1.42.